The maximum atomic E-state index is 13.0. The van der Waals surface area contributed by atoms with Crippen molar-refractivity contribution in [2.75, 3.05) is 18.1 Å². The summed E-state index contributed by atoms with van der Waals surface area (Å²) >= 11 is 10.3. The number of thiocarbonyl (C=S) groups is 1. The summed E-state index contributed by atoms with van der Waals surface area (Å²) in [6.07, 6.45) is 2.74. The normalized spacial score (nSPS) is 15.3. The molecule has 0 aliphatic carbocycles. The van der Waals surface area contributed by atoms with Crippen molar-refractivity contribution >= 4 is 61.9 Å². The Labute approximate surface area is 189 Å². The Balaban J connectivity index is 1.93. The van der Waals surface area contributed by atoms with Gasteiger partial charge in [0.1, 0.15) is 0 Å². The lowest BCUT2D eigenvalue weighted by atomic mass is 10.1. The summed E-state index contributed by atoms with van der Waals surface area (Å²) in [7, 11) is 0. The molecule has 1 heterocycles. The number of carbonyl (C=O) groups is 1. The van der Waals surface area contributed by atoms with E-state index in [9.17, 15) is 4.79 Å². The maximum Gasteiger partial charge on any atom is 0.270 e. The van der Waals surface area contributed by atoms with Gasteiger partial charge in [0.05, 0.1) is 28.3 Å². The first-order valence-electron chi connectivity index (χ1n) is 9.38. The summed E-state index contributed by atoms with van der Waals surface area (Å²) in [5.74, 6) is 1.21. The SMILES string of the molecule is CCCOc1c(Br)cc(/C=C2/SC(=S)N(c3cccc(C)c3)C2=O)cc1OCC. The van der Waals surface area contributed by atoms with Crippen LogP contribution in [0.4, 0.5) is 5.69 Å². The third-order valence-corrected chi connectivity index (χ3v) is 6.02. The summed E-state index contributed by atoms with van der Waals surface area (Å²) in [6, 6.07) is 11.6. The fourth-order valence-electron chi connectivity index (χ4n) is 2.89. The van der Waals surface area contributed by atoms with Gasteiger partial charge in [-0.2, -0.15) is 0 Å². The second-order valence-electron chi connectivity index (χ2n) is 6.47. The van der Waals surface area contributed by atoms with Crippen molar-refractivity contribution in [1.82, 2.24) is 0 Å². The molecule has 152 valence electrons. The van der Waals surface area contributed by atoms with Crippen LogP contribution in [0, 0.1) is 6.92 Å². The van der Waals surface area contributed by atoms with E-state index in [1.165, 1.54) is 11.8 Å². The van der Waals surface area contributed by atoms with E-state index in [-0.39, 0.29) is 5.91 Å². The van der Waals surface area contributed by atoms with Gasteiger partial charge in [0.25, 0.3) is 5.91 Å². The standard InChI is InChI=1S/C22H22BrNO3S2/c1-4-9-27-20-17(23)11-15(12-18(20)26-5-2)13-19-21(25)24(22(28)29-19)16-8-6-7-14(3)10-16/h6-8,10-13H,4-5,9H2,1-3H3/b19-13+. The van der Waals surface area contributed by atoms with Gasteiger partial charge in [0, 0.05) is 0 Å². The predicted molar refractivity (Wildman–Crippen MR) is 128 cm³/mol. The molecular weight excluding hydrogens is 470 g/mol. The zero-order valence-corrected chi connectivity index (χ0v) is 19.7. The second kappa shape index (κ2) is 9.78. The van der Waals surface area contributed by atoms with Crippen molar-refractivity contribution in [3.05, 3.63) is 56.9 Å². The summed E-state index contributed by atoms with van der Waals surface area (Å²) < 4.78 is 12.9. The fraction of sp³-hybridized carbons (Fsp3) is 0.273. The maximum absolute atomic E-state index is 13.0. The molecule has 2 aromatic carbocycles. The van der Waals surface area contributed by atoms with Crippen LogP contribution in [0.1, 0.15) is 31.4 Å². The van der Waals surface area contributed by atoms with Crippen LogP contribution < -0.4 is 14.4 Å². The zero-order chi connectivity index (χ0) is 21.0. The van der Waals surface area contributed by atoms with Crippen LogP contribution in [-0.4, -0.2) is 23.4 Å². The first-order chi connectivity index (χ1) is 13.9. The molecule has 0 N–H and O–H groups in total. The van der Waals surface area contributed by atoms with Crippen molar-refractivity contribution < 1.29 is 14.3 Å². The molecular formula is C22H22BrNO3S2. The van der Waals surface area contributed by atoms with Crippen molar-refractivity contribution in [2.45, 2.75) is 27.2 Å². The van der Waals surface area contributed by atoms with E-state index >= 15 is 0 Å². The van der Waals surface area contributed by atoms with E-state index in [2.05, 4.69) is 22.9 Å². The number of halogens is 1. The molecule has 2 aromatic rings. The monoisotopic (exact) mass is 491 g/mol. The van der Waals surface area contributed by atoms with Gasteiger partial charge >= 0.3 is 0 Å². The van der Waals surface area contributed by atoms with Gasteiger partial charge in [-0.1, -0.05) is 43.0 Å². The average Bonchev–Trinajstić information content (AvgIpc) is 2.94. The quantitative estimate of drug-likeness (QED) is 0.333. The Morgan fingerprint density at radius 2 is 2.00 bits per heavy atom. The van der Waals surface area contributed by atoms with Gasteiger partial charge in [0.15, 0.2) is 15.8 Å². The number of hydrogen-bond donors (Lipinski definition) is 0. The van der Waals surface area contributed by atoms with Crippen LogP contribution in [-0.2, 0) is 4.79 Å². The summed E-state index contributed by atoms with van der Waals surface area (Å²) in [5.41, 5.74) is 2.71. The second-order valence-corrected chi connectivity index (χ2v) is 9.00. The van der Waals surface area contributed by atoms with Crippen LogP contribution in [0.25, 0.3) is 6.08 Å². The molecule has 7 heteroatoms. The first-order valence-corrected chi connectivity index (χ1v) is 11.4. The molecule has 0 radical (unpaired) electrons. The molecule has 1 aliphatic rings. The van der Waals surface area contributed by atoms with Gasteiger partial charge in [-0.05, 0) is 77.7 Å². The van der Waals surface area contributed by atoms with Gasteiger partial charge < -0.3 is 9.47 Å². The molecule has 0 saturated carbocycles. The van der Waals surface area contributed by atoms with E-state index in [4.69, 9.17) is 21.7 Å². The number of thioether (sulfide) groups is 1. The molecule has 0 aromatic heterocycles. The van der Waals surface area contributed by atoms with Gasteiger partial charge in [-0.3, -0.25) is 9.69 Å². The Hall–Kier alpha value is -1.83. The summed E-state index contributed by atoms with van der Waals surface area (Å²) in [4.78, 5) is 15.2. The third-order valence-electron chi connectivity index (χ3n) is 4.13. The molecule has 1 saturated heterocycles. The third kappa shape index (κ3) is 5.02. The number of amides is 1. The highest BCUT2D eigenvalue weighted by atomic mass is 79.9. The minimum atomic E-state index is -0.119. The number of benzene rings is 2. The molecule has 29 heavy (non-hydrogen) atoms. The van der Waals surface area contributed by atoms with Crippen molar-refractivity contribution in [1.29, 1.82) is 0 Å². The van der Waals surface area contributed by atoms with E-state index in [1.807, 2.05) is 56.3 Å². The number of aryl methyl sites for hydroxylation is 1. The predicted octanol–water partition coefficient (Wildman–Crippen LogP) is 6.35. The number of hydrogen-bond acceptors (Lipinski definition) is 5. The molecule has 0 spiro atoms. The molecule has 0 bridgehead atoms. The molecule has 1 fully saturated rings. The highest BCUT2D eigenvalue weighted by molar-refractivity contribution is 9.10. The number of rotatable bonds is 7. The van der Waals surface area contributed by atoms with Gasteiger partial charge in [-0.15, -0.1) is 0 Å². The molecule has 1 aliphatic heterocycles. The minimum absolute atomic E-state index is 0.119. The number of carbonyl (C=O) groups excluding carboxylic acids is 1. The molecule has 1 amide bonds. The Morgan fingerprint density at radius 1 is 1.21 bits per heavy atom. The number of ether oxygens (including phenoxy) is 2. The molecule has 3 rings (SSSR count). The van der Waals surface area contributed by atoms with Gasteiger partial charge in [-0.25, -0.2) is 0 Å². The lowest BCUT2D eigenvalue weighted by Gasteiger charge is -2.15. The fourth-order valence-corrected chi connectivity index (χ4v) is 4.76. The van der Waals surface area contributed by atoms with Crippen molar-refractivity contribution in [3.8, 4) is 11.5 Å². The number of nitrogens with zero attached hydrogens (tertiary/aromatic N) is 1. The Kier molecular flexibility index (Phi) is 7.38. The lowest BCUT2D eigenvalue weighted by molar-refractivity contribution is -0.113. The van der Waals surface area contributed by atoms with E-state index < -0.39 is 0 Å². The zero-order valence-electron chi connectivity index (χ0n) is 16.5. The molecule has 0 unspecified atom stereocenters. The van der Waals surface area contributed by atoms with Gasteiger partial charge in [0.2, 0.25) is 0 Å². The number of anilines is 1. The topological polar surface area (TPSA) is 38.8 Å². The summed E-state index contributed by atoms with van der Waals surface area (Å²) in [5, 5.41) is 0. The average molecular weight is 492 g/mol. The molecule has 0 atom stereocenters. The Morgan fingerprint density at radius 3 is 2.69 bits per heavy atom. The van der Waals surface area contributed by atoms with Crippen LogP contribution in [0.5, 0.6) is 11.5 Å². The Bertz CT molecular complexity index is 975. The van der Waals surface area contributed by atoms with Crippen LogP contribution >= 0.6 is 39.9 Å². The van der Waals surface area contributed by atoms with E-state index in [0.29, 0.717) is 33.9 Å². The summed E-state index contributed by atoms with van der Waals surface area (Å²) in [6.45, 7) is 7.10. The van der Waals surface area contributed by atoms with E-state index in [0.717, 1.165) is 27.7 Å². The van der Waals surface area contributed by atoms with Crippen LogP contribution in [0.2, 0.25) is 0 Å². The lowest BCUT2D eigenvalue weighted by Crippen LogP contribution is -2.27. The van der Waals surface area contributed by atoms with Crippen molar-refractivity contribution in [2.24, 2.45) is 0 Å². The minimum Gasteiger partial charge on any atom is -0.490 e. The highest BCUT2D eigenvalue weighted by Crippen LogP contribution is 2.40. The largest absolute Gasteiger partial charge is 0.490 e. The first kappa shape index (κ1) is 21.9. The van der Waals surface area contributed by atoms with Crippen LogP contribution in [0.15, 0.2) is 45.8 Å². The molecule has 4 nitrogen and oxygen atoms in total. The van der Waals surface area contributed by atoms with E-state index in [1.54, 1.807) is 4.90 Å². The van der Waals surface area contributed by atoms with Crippen molar-refractivity contribution in [3.63, 3.8) is 0 Å². The smallest absolute Gasteiger partial charge is 0.270 e. The highest BCUT2D eigenvalue weighted by Gasteiger charge is 2.33. The van der Waals surface area contributed by atoms with Crippen LogP contribution in [0.3, 0.4) is 0 Å².